The highest BCUT2D eigenvalue weighted by Crippen LogP contribution is 2.40. The summed E-state index contributed by atoms with van der Waals surface area (Å²) in [6.07, 6.45) is 6.25. The van der Waals surface area contributed by atoms with E-state index in [0.717, 1.165) is 18.6 Å². The number of nitro benzene ring substituents is 1. The number of carbonyl (C=O) groups is 1. The maximum Gasteiger partial charge on any atom is 0.271 e. The van der Waals surface area contributed by atoms with E-state index in [9.17, 15) is 14.9 Å². The fraction of sp³-hybridized carbons (Fsp3) is 0.286. The van der Waals surface area contributed by atoms with Crippen molar-refractivity contribution in [3.05, 3.63) is 52.1 Å². The third-order valence-corrected chi connectivity index (χ3v) is 3.80. The molecule has 2 atom stereocenters. The number of allylic oxidation sites excluding steroid dienone is 2. The minimum Gasteiger partial charge on any atom is -0.267 e. The number of non-ortho nitro benzene ring substituents is 1. The zero-order valence-electron chi connectivity index (χ0n) is 10.7. The Labute approximate surface area is 115 Å². The maximum atomic E-state index is 11.9. The third kappa shape index (κ3) is 2.20. The molecule has 6 nitrogen and oxygen atoms in total. The molecule has 0 unspecified atom stereocenters. The first-order chi connectivity index (χ1) is 9.65. The van der Waals surface area contributed by atoms with Crippen molar-refractivity contribution in [2.75, 3.05) is 0 Å². The summed E-state index contributed by atoms with van der Waals surface area (Å²) < 4.78 is 0. The normalized spacial score (nSPS) is 25.1. The predicted octanol–water partition coefficient (Wildman–Crippen LogP) is 2.28. The van der Waals surface area contributed by atoms with Crippen LogP contribution in [-0.4, -0.2) is 16.5 Å². The molecule has 1 saturated carbocycles. The Kier molecular flexibility index (Phi) is 3.06. The third-order valence-electron chi connectivity index (χ3n) is 3.80. The molecule has 0 spiro atoms. The van der Waals surface area contributed by atoms with E-state index in [4.69, 9.17) is 0 Å². The molecule has 20 heavy (non-hydrogen) atoms. The fourth-order valence-electron chi connectivity index (χ4n) is 2.58. The van der Waals surface area contributed by atoms with Crippen molar-refractivity contribution in [3.63, 3.8) is 0 Å². The number of hydrogen-bond donors (Lipinski definition) is 1. The minimum absolute atomic E-state index is 0.0354. The first kappa shape index (κ1) is 12.5. The minimum atomic E-state index is -0.497. The van der Waals surface area contributed by atoms with Crippen molar-refractivity contribution >= 4 is 17.3 Å². The summed E-state index contributed by atoms with van der Waals surface area (Å²) in [5, 5.41) is 14.7. The van der Waals surface area contributed by atoms with Gasteiger partial charge in [0.25, 0.3) is 11.6 Å². The Balaban J connectivity index is 1.62. The van der Waals surface area contributed by atoms with Gasteiger partial charge < -0.3 is 0 Å². The van der Waals surface area contributed by atoms with E-state index in [1.807, 2.05) is 0 Å². The molecule has 1 amide bonds. The van der Waals surface area contributed by atoms with E-state index in [2.05, 4.69) is 22.7 Å². The summed E-state index contributed by atoms with van der Waals surface area (Å²) in [6, 6.07) is 5.47. The van der Waals surface area contributed by atoms with Crippen LogP contribution in [0.3, 0.4) is 0 Å². The van der Waals surface area contributed by atoms with Gasteiger partial charge in [-0.1, -0.05) is 12.2 Å². The highest BCUT2D eigenvalue weighted by atomic mass is 16.6. The molecule has 0 radical (unpaired) electrons. The Morgan fingerprint density at radius 2 is 2.10 bits per heavy atom. The van der Waals surface area contributed by atoms with Gasteiger partial charge in [0.05, 0.1) is 4.92 Å². The van der Waals surface area contributed by atoms with Gasteiger partial charge in [0.1, 0.15) is 0 Å². The van der Waals surface area contributed by atoms with E-state index >= 15 is 0 Å². The van der Waals surface area contributed by atoms with E-state index in [0.29, 0.717) is 17.4 Å². The van der Waals surface area contributed by atoms with Gasteiger partial charge in [-0.05, 0) is 30.9 Å². The SMILES string of the molecule is O=C(N/N=C1/C[C@@H]2C=CC[C@@H]12)c1ccc([N+](=O)[O-])cc1. The van der Waals surface area contributed by atoms with Crippen LogP contribution in [0.4, 0.5) is 5.69 Å². The number of nitrogens with zero attached hydrogens (tertiary/aromatic N) is 2. The Hall–Kier alpha value is -2.50. The van der Waals surface area contributed by atoms with E-state index < -0.39 is 4.92 Å². The van der Waals surface area contributed by atoms with Crippen LogP contribution in [0.5, 0.6) is 0 Å². The molecule has 0 saturated heterocycles. The van der Waals surface area contributed by atoms with Crippen molar-refractivity contribution in [3.8, 4) is 0 Å². The van der Waals surface area contributed by atoms with Crippen LogP contribution >= 0.6 is 0 Å². The second-order valence-electron chi connectivity index (χ2n) is 4.99. The maximum absolute atomic E-state index is 11.9. The predicted molar refractivity (Wildman–Crippen MR) is 73.4 cm³/mol. The summed E-state index contributed by atoms with van der Waals surface area (Å²) in [5.74, 6) is 0.694. The van der Waals surface area contributed by atoms with Crippen molar-refractivity contribution in [1.29, 1.82) is 0 Å². The fourth-order valence-corrected chi connectivity index (χ4v) is 2.58. The number of amides is 1. The highest BCUT2D eigenvalue weighted by molar-refractivity contribution is 5.98. The van der Waals surface area contributed by atoms with Gasteiger partial charge in [-0.2, -0.15) is 5.10 Å². The average molecular weight is 271 g/mol. The van der Waals surface area contributed by atoms with Gasteiger partial charge in [0, 0.05) is 29.3 Å². The number of benzene rings is 1. The Morgan fingerprint density at radius 3 is 2.75 bits per heavy atom. The molecule has 0 bridgehead atoms. The molecule has 1 N–H and O–H groups in total. The van der Waals surface area contributed by atoms with E-state index in [-0.39, 0.29) is 11.6 Å². The average Bonchev–Trinajstić information content (AvgIpc) is 2.80. The molecule has 1 fully saturated rings. The lowest BCUT2D eigenvalue weighted by Gasteiger charge is -2.31. The molecule has 0 aromatic heterocycles. The van der Waals surface area contributed by atoms with Crippen LogP contribution in [0.1, 0.15) is 23.2 Å². The zero-order chi connectivity index (χ0) is 14.1. The van der Waals surface area contributed by atoms with Crippen molar-refractivity contribution < 1.29 is 9.72 Å². The molecule has 0 aliphatic heterocycles. The van der Waals surface area contributed by atoms with Gasteiger partial charge in [-0.15, -0.1) is 0 Å². The van der Waals surface area contributed by atoms with Crippen LogP contribution in [0.15, 0.2) is 41.5 Å². The molecule has 2 aliphatic carbocycles. The number of nitro groups is 1. The monoisotopic (exact) mass is 271 g/mol. The number of fused-ring (bicyclic) bond motifs is 1. The van der Waals surface area contributed by atoms with Crippen molar-refractivity contribution in [2.45, 2.75) is 12.8 Å². The number of hydrazone groups is 1. The van der Waals surface area contributed by atoms with Crippen LogP contribution < -0.4 is 5.43 Å². The first-order valence-electron chi connectivity index (χ1n) is 6.43. The summed E-state index contributed by atoms with van der Waals surface area (Å²) in [7, 11) is 0. The van der Waals surface area contributed by atoms with Crippen LogP contribution in [-0.2, 0) is 0 Å². The number of nitrogens with one attached hydrogen (secondary N) is 1. The van der Waals surface area contributed by atoms with Gasteiger partial charge in [0.15, 0.2) is 0 Å². The van der Waals surface area contributed by atoms with Gasteiger partial charge in [-0.3, -0.25) is 14.9 Å². The number of hydrogen-bond acceptors (Lipinski definition) is 4. The Bertz CT molecular complexity index is 619. The largest absolute Gasteiger partial charge is 0.271 e. The summed E-state index contributed by atoms with van der Waals surface area (Å²) in [6.45, 7) is 0. The zero-order valence-corrected chi connectivity index (χ0v) is 10.7. The standard InChI is InChI=1S/C14H13N3O3/c18-14(9-4-6-11(7-5-9)17(19)20)16-15-13-8-10-2-1-3-12(10)13/h1-2,4-7,10,12H,3,8H2,(H,16,18)/b15-13-/t10-,12+/m0/s1. The number of rotatable bonds is 3. The number of carbonyl (C=O) groups excluding carboxylic acids is 1. The quantitative estimate of drug-likeness (QED) is 0.520. The van der Waals surface area contributed by atoms with Crippen LogP contribution in [0.25, 0.3) is 0 Å². The van der Waals surface area contributed by atoms with Crippen molar-refractivity contribution in [1.82, 2.24) is 5.43 Å². The highest BCUT2D eigenvalue weighted by Gasteiger charge is 2.37. The molecule has 0 heterocycles. The lowest BCUT2D eigenvalue weighted by atomic mass is 9.74. The summed E-state index contributed by atoms with van der Waals surface area (Å²) >= 11 is 0. The van der Waals surface area contributed by atoms with Crippen LogP contribution in [0.2, 0.25) is 0 Å². The molecule has 2 aliphatic rings. The lowest BCUT2D eigenvalue weighted by Crippen LogP contribution is -2.35. The van der Waals surface area contributed by atoms with Crippen LogP contribution in [0, 0.1) is 22.0 Å². The Morgan fingerprint density at radius 1 is 1.35 bits per heavy atom. The molecular weight excluding hydrogens is 258 g/mol. The topological polar surface area (TPSA) is 84.6 Å². The van der Waals surface area contributed by atoms with Crippen molar-refractivity contribution in [2.24, 2.45) is 16.9 Å². The molecule has 1 aromatic carbocycles. The second-order valence-corrected chi connectivity index (χ2v) is 4.99. The molecular formula is C14H13N3O3. The summed E-state index contributed by atoms with van der Waals surface area (Å²) in [4.78, 5) is 21.9. The molecule has 6 heteroatoms. The molecule has 102 valence electrons. The van der Waals surface area contributed by atoms with Gasteiger partial charge >= 0.3 is 0 Å². The van der Waals surface area contributed by atoms with Gasteiger partial charge in [-0.25, -0.2) is 5.43 Å². The first-order valence-corrected chi connectivity index (χ1v) is 6.43. The van der Waals surface area contributed by atoms with E-state index in [1.54, 1.807) is 0 Å². The van der Waals surface area contributed by atoms with Gasteiger partial charge in [0.2, 0.25) is 0 Å². The van der Waals surface area contributed by atoms with E-state index in [1.165, 1.54) is 24.3 Å². The molecule has 1 aromatic rings. The smallest absolute Gasteiger partial charge is 0.267 e. The molecule has 3 rings (SSSR count). The second kappa shape index (κ2) is 4.88. The lowest BCUT2D eigenvalue weighted by molar-refractivity contribution is -0.384. The summed E-state index contributed by atoms with van der Waals surface area (Å²) in [5.41, 5.74) is 3.86.